The summed E-state index contributed by atoms with van der Waals surface area (Å²) < 4.78 is 26.5. The molecule has 1 aliphatic heterocycles. The maximum Gasteiger partial charge on any atom is 0.235 e. The second-order valence-corrected chi connectivity index (χ2v) is 7.96. The van der Waals surface area contributed by atoms with Gasteiger partial charge in [0.2, 0.25) is 15.9 Å². The second kappa shape index (κ2) is 6.83. The molecule has 1 N–H and O–H groups in total. The molecule has 1 amide bonds. The molecule has 0 fully saturated rings. The molecule has 0 saturated carbocycles. The molecule has 1 aliphatic rings. The predicted octanol–water partition coefficient (Wildman–Crippen LogP) is 3.06. The fourth-order valence-electron chi connectivity index (χ4n) is 2.70. The van der Waals surface area contributed by atoms with Crippen LogP contribution in [0.5, 0.6) is 0 Å². The Morgan fingerprint density at radius 2 is 1.83 bits per heavy atom. The monoisotopic (exact) mass is 364 g/mol. The summed E-state index contributed by atoms with van der Waals surface area (Å²) in [6, 6.07) is 14.3. The maximum absolute atomic E-state index is 12.5. The zero-order valence-corrected chi connectivity index (χ0v) is 14.5. The van der Waals surface area contributed by atoms with Crippen LogP contribution in [0.1, 0.15) is 12.0 Å². The van der Waals surface area contributed by atoms with Crippen LogP contribution in [-0.4, -0.2) is 26.6 Å². The fourth-order valence-corrected chi connectivity index (χ4v) is 4.40. The Morgan fingerprint density at radius 3 is 2.62 bits per heavy atom. The topological polar surface area (TPSA) is 66.5 Å². The molecule has 0 aliphatic carbocycles. The first kappa shape index (κ1) is 16.8. The van der Waals surface area contributed by atoms with Crippen LogP contribution in [0.3, 0.4) is 0 Å². The number of carbonyl (C=O) groups excluding carboxylic acids is 1. The van der Waals surface area contributed by atoms with Gasteiger partial charge in [-0.15, -0.1) is 0 Å². The first-order chi connectivity index (χ1) is 11.5. The van der Waals surface area contributed by atoms with Crippen molar-refractivity contribution >= 4 is 38.9 Å². The van der Waals surface area contributed by atoms with E-state index in [0.29, 0.717) is 29.4 Å². The molecule has 0 radical (unpaired) electrons. The number of halogens is 1. The molecule has 7 heteroatoms. The average Bonchev–Trinajstić information content (AvgIpc) is 3.00. The number of rotatable bonds is 5. The summed E-state index contributed by atoms with van der Waals surface area (Å²) in [4.78, 5) is 12.0. The zero-order chi connectivity index (χ0) is 17.2. The van der Waals surface area contributed by atoms with E-state index < -0.39 is 10.0 Å². The standard InChI is InChI=1S/C17H17ClN2O3S/c18-14-6-2-3-7-15(14)19-17(21)10-12-24(22,23)20-11-9-13-5-1-4-8-16(13)20/h1-8H,9-12H2,(H,19,21). The lowest BCUT2D eigenvalue weighted by molar-refractivity contribution is -0.115. The Labute approximate surface area is 146 Å². The molecule has 0 atom stereocenters. The van der Waals surface area contributed by atoms with Crippen LogP contribution in [0.4, 0.5) is 11.4 Å². The van der Waals surface area contributed by atoms with E-state index in [1.807, 2.05) is 18.2 Å². The van der Waals surface area contributed by atoms with Crippen molar-refractivity contribution in [2.75, 3.05) is 21.9 Å². The Balaban J connectivity index is 1.64. The number of nitrogens with one attached hydrogen (secondary N) is 1. The minimum Gasteiger partial charge on any atom is -0.325 e. The van der Waals surface area contributed by atoms with Crippen molar-refractivity contribution in [1.82, 2.24) is 0 Å². The Hall–Kier alpha value is -2.05. The molecule has 0 aromatic heterocycles. The van der Waals surface area contributed by atoms with Gasteiger partial charge in [-0.1, -0.05) is 41.9 Å². The van der Waals surface area contributed by atoms with Gasteiger partial charge < -0.3 is 5.32 Å². The summed E-state index contributed by atoms with van der Waals surface area (Å²) in [5, 5.41) is 3.06. The number of benzene rings is 2. The first-order valence-corrected chi connectivity index (χ1v) is 9.59. The minimum atomic E-state index is -3.53. The van der Waals surface area contributed by atoms with E-state index in [0.717, 1.165) is 5.56 Å². The molecule has 3 rings (SSSR count). The number of para-hydroxylation sites is 2. The van der Waals surface area contributed by atoms with Crippen molar-refractivity contribution in [3.05, 3.63) is 59.1 Å². The van der Waals surface area contributed by atoms with Crippen molar-refractivity contribution in [3.8, 4) is 0 Å². The second-order valence-electron chi connectivity index (χ2n) is 5.54. The Morgan fingerprint density at radius 1 is 1.12 bits per heavy atom. The summed E-state index contributed by atoms with van der Waals surface area (Å²) in [5.41, 5.74) is 2.21. The number of amides is 1. The van der Waals surface area contributed by atoms with Crippen LogP contribution in [0, 0.1) is 0 Å². The number of sulfonamides is 1. The molecule has 0 bridgehead atoms. The van der Waals surface area contributed by atoms with E-state index in [1.165, 1.54) is 4.31 Å². The van der Waals surface area contributed by atoms with Gasteiger partial charge in [-0.05, 0) is 30.2 Å². The van der Waals surface area contributed by atoms with Crippen LogP contribution < -0.4 is 9.62 Å². The van der Waals surface area contributed by atoms with E-state index in [4.69, 9.17) is 11.6 Å². The number of nitrogens with zero attached hydrogens (tertiary/aromatic N) is 1. The zero-order valence-electron chi connectivity index (χ0n) is 12.9. The molecule has 2 aromatic carbocycles. The van der Waals surface area contributed by atoms with E-state index >= 15 is 0 Å². The van der Waals surface area contributed by atoms with Crippen molar-refractivity contribution in [3.63, 3.8) is 0 Å². The van der Waals surface area contributed by atoms with E-state index in [9.17, 15) is 13.2 Å². The van der Waals surface area contributed by atoms with Gasteiger partial charge >= 0.3 is 0 Å². The van der Waals surface area contributed by atoms with E-state index in [-0.39, 0.29) is 18.1 Å². The highest BCUT2D eigenvalue weighted by Crippen LogP contribution is 2.30. The summed E-state index contributed by atoms with van der Waals surface area (Å²) >= 11 is 5.98. The third-order valence-electron chi connectivity index (χ3n) is 3.92. The minimum absolute atomic E-state index is 0.119. The molecular formula is C17H17ClN2O3S. The van der Waals surface area contributed by atoms with Crippen LogP contribution >= 0.6 is 11.6 Å². The number of anilines is 2. The van der Waals surface area contributed by atoms with Crippen LogP contribution in [0.2, 0.25) is 5.02 Å². The van der Waals surface area contributed by atoms with Crippen molar-refractivity contribution in [2.24, 2.45) is 0 Å². The molecular weight excluding hydrogens is 348 g/mol. The number of carbonyl (C=O) groups is 1. The molecule has 126 valence electrons. The third kappa shape index (κ3) is 3.55. The highest BCUT2D eigenvalue weighted by atomic mass is 35.5. The molecule has 2 aromatic rings. The predicted molar refractivity (Wildman–Crippen MR) is 96.0 cm³/mol. The largest absolute Gasteiger partial charge is 0.325 e. The number of hydrogen-bond donors (Lipinski definition) is 1. The van der Waals surface area contributed by atoms with Gasteiger partial charge in [0, 0.05) is 13.0 Å². The molecule has 24 heavy (non-hydrogen) atoms. The van der Waals surface area contributed by atoms with Crippen LogP contribution in [0.15, 0.2) is 48.5 Å². The molecule has 0 saturated heterocycles. The van der Waals surface area contributed by atoms with Crippen molar-refractivity contribution in [1.29, 1.82) is 0 Å². The summed E-state index contributed by atoms with van der Waals surface area (Å²) in [5.74, 6) is -0.614. The lowest BCUT2D eigenvalue weighted by atomic mass is 10.2. The van der Waals surface area contributed by atoms with Gasteiger partial charge in [0.15, 0.2) is 0 Å². The van der Waals surface area contributed by atoms with E-state index in [1.54, 1.807) is 30.3 Å². The lowest BCUT2D eigenvalue weighted by Gasteiger charge is -2.19. The highest BCUT2D eigenvalue weighted by molar-refractivity contribution is 7.92. The lowest BCUT2D eigenvalue weighted by Crippen LogP contribution is -2.32. The van der Waals surface area contributed by atoms with Crippen LogP contribution in [0.25, 0.3) is 0 Å². The van der Waals surface area contributed by atoms with Gasteiger partial charge in [-0.2, -0.15) is 0 Å². The fraction of sp³-hybridized carbons (Fsp3) is 0.235. The molecule has 5 nitrogen and oxygen atoms in total. The normalized spacial score (nSPS) is 13.6. The molecule has 0 unspecified atom stereocenters. The van der Waals surface area contributed by atoms with Gasteiger partial charge in [0.05, 0.1) is 22.2 Å². The summed E-state index contributed by atoms with van der Waals surface area (Å²) in [6.45, 7) is 0.424. The quantitative estimate of drug-likeness (QED) is 0.886. The van der Waals surface area contributed by atoms with Gasteiger partial charge in [0.1, 0.15) is 0 Å². The van der Waals surface area contributed by atoms with Crippen molar-refractivity contribution < 1.29 is 13.2 Å². The smallest absolute Gasteiger partial charge is 0.235 e. The van der Waals surface area contributed by atoms with Gasteiger partial charge in [0.25, 0.3) is 0 Å². The third-order valence-corrected chi connectivity index (χ3v) is 6.02. The SMILES string of the molecule is O=C(CCS(=O)(=O)N1CCc2ccccc21)Nc1ccccc1Cl. The van der Waals surface area contributed by atoms with Crippen LogP contribution in [-0.2, 0) is 21.2 Å². The summed E-state index contributed by atoms with van der Waals surface area (Å²) in [6.07, 6.45) is 0.577. The summed E-state index contributed by atoms with van der Waals surface area (Å²) in [7, 11) is -3.53. The maximum atomic E-state index is 12.5. The van der Waals surface area contributed by atoms with Gasteiger partial charge in [-0.25, -0.2) is 8.42 Å². The van der Waals surface area contributed by atoms with E-state index in [2.05, 4.69) is 5.32 Å². The molecule has 0 spiro atoms. The average molecular weight is 365 g/mol. The Bertz CT molecular complexity index is 868. The van der Waals surface area contributed by atoms with Crippen molar-refractivity contribution in [2.45, 2.75) is 12.8 Å². The molecule has 1 heterocycles. The Kier molecular flexibility index (Phi) is 4.78. The highest BCUT2D eigenvalue weighted by Gasteiger charge is 2.29. The number of fused-ring (bicyclic) bond motifs is 1. The number of hydrogen-bond acceptors (Lipinski definition) is 3. The van der Waals surface area contributed by atoms with Gasteiger partial charge in [-0.3, -0.25) is 9.10 Å². The first-order valence-electron chi connectivity index (χ1n) is 7.60.